The van der Waals surface area contributed by atoms with Crippen LogP contribution >= 0.6 is 0 Å². The van der Waals surface area contributed by atoms with Gasteiger partial charge in [-0.25, -0.2) is 0 Å². The minimum Gasteiger partial charge on any atom is -0.494 e. The van der Waals surface area contributed by atoms with Crippen LogP contribution in [0.25, 0.3) is 0 Å². The van der Waals surface area contributed by atoms with Crippen molar-refractivity contribution in [1.29, 1.82) is 0 Å². The van der Waals surface area contributed by atoms with Gasteiger partial charge in [0, 0.05) is 13.1 Å². The summed E-state index contributed by atoms with van der Waals surface area (Å²) in [6.07, 6.45) is 2.46. The zero-order valence-corrected chi connectivity index (χ0v) is 10.9. The monoisotopic (exact) mass is 233 g/mol. The number of para-hydroxylation sites is 1. The number of nitrogens with one attached hydrogen (secondary N) is 1. The van der Waals surface area contributed by atoms with Gasteiger partial charge in [-0.2, -0.15) is 0 Å². The lowest BCUT2D eigenvalue weighted by Crippen LogP contribution is -2.54. The molecule has 1 N–H and O–H groups in total. The summed E-state index contributed by atoms with van der Waals surface area (Å²) in [7, 11) is 0. The zero-order valence-electron chi connectivity index (χ0n) is 10.9. The van der Waals surface area contributed by atoms with Gasteiger partial charge in [-0.1, -0.05) is 32.0 Å². The Hall–Kier alpha value is -1.02. The summed E-state index contributed by atoms with van der Waals surface area (Å²) in [6.45, 7) is 7.75. The quantitative estimate of drug-likeness (QED) is 0.815. The lowest BCUT2D eigenvalue weighted by Gasteiger charge is -2.44. The predicted octanol–water partition coefficient (Wildman–Crippen LogP) is 3.09. The van der Waals surface area contributed by atoms with Gasteiger partial charge in [-0.3, -0.25) is 0 Å². The second kappa shape index (κ2) is 5.54. The van der Waals surface area contributed by atoms with Crippen LogP contribution in [0.5, 0.6) is 5.75 Å². The average Bonchev–Trinajstić information content (AvgIpc) is 2.26. The Morgan fingerprint density at radius 2 is 1.94 bits per heavy atom. The summed E-state index contributed by atoms with van der Waals surface area (Å²) in [4.78, 5) is 0. The van der Waals surface area contributed by atoms with E-state index in [1.54, 1.807) is 0 Å². The SMILES string of the molecule is CC(C)CC1(CCOc2ccccc2)CNC1. The largest absolute Gasteiger partial charge is 0.494 e. The highest BCUT2D eigenvalue weighted by Crippen LogP contribution is 2.34. The molecule has 2 heteroatoms. The Balaban J connectivity index is 1.77. The molecule has 17 heavy (non-hydrogen) atoms. The van der Waals surface area contributed by atoms with Gasteiger partial charge in [0.1, 0.15) is 5.75 Å². The Morgan fingerprint density at radius 3 is 2.47 bits per heavy atom. The molecular formula is C15H23NO. The molecule has 1 aliphatic rings. The number of ether oxygens (including phenoxy) is 1. The van der Waals surface area contributed by atoms with Gasteiger partial charge in [0.25, 0.3) is 0 Å². The Morgan fingerprint density at radius 1 is 1.24 bits per heavy atom. The third-order valence-electron chi connectivity index (χ3n) is 3.49. The first-order valence-corrected chi connectivity index (χ1v) is 6.59. The van der Waals surface area contributed by atoms with Crippen molar-refractivity contribution in [1.82, 2.24) is 5.32 Å². The molecule has 1 aliphatic heterocycles. The smallest absolute Gasteiger partial charge is 0.119 e. The summed E-state index contributed by atoms with van der Waals surface area (Å²) in [5.74, 6) is 1.76. The van der Waals surface area contributed by atoms with Crippen molar-refractivity contribution in [2.24, 2.45) is 11.3 Å². The average molecular weight is 233 g/mol. The number of benzene rings is 1. The topological polar surface area (TPSA) is 21.3 Å². The molecule has 0 atom stereocenters. The van der Waals surface area contributed by atoms with Crippen LogP contribution in [0, 0.1) is 11.3 Å². The van der Waals surface area contributed by atoms with Gasteiger partial charge >= 0.3 is 0 Å². The standard InChI is InChI=1S/C15H23NO/c1-13(2)10-15(11-16-12-15)8-9-17-14-6-4-3-5-7-14/h3-7,13,16H,8-12H2,1-2H3. The van der Waals surface area contributed by atoms with Crippen LogP contribution in [0.15, 0.2) is 30.3 Å². The van der Waals surface area contributed by atoms with E-state index in [2.05, 4.69) is 19.2 Å². The van der Waals surface area contributed by atoms with E-state index >= 15 is 0 Å². The molecule has 0 unspecified atom stereocenters. The number of hydrogen-bond donors (Lipinski definition) is 1. The maximum Gasteiger partial charge on any atom is 0.119 e. The summed E-state index contributed by atoms with van der Waals surface area (Å²) in [5, 5.41) is 3.40. The highest BCUT2D eigenvalue weighted by atomic mass is 16.5. The summed E-state index contributed by atoms with van der Waals surface area (Å²) in [6, 6.07) is 10.1. The highest BCUT2D eigenvalue weighted by Gasteiger charge is 2.36. The normalized spacial score (nSPS) is 17.8. The zero-order chi connectivity index (χ0) is 12.1. The molecule has 0 saturated carbocycles. The Kier molecular flexibility index (Phi) is 4.06. The van der Waals surface area contributed by atoms with Gasteiger partial charge in [-0.05, 0) is 36.3 Å². The van der Waals surface area contributed by atoms with Crippen LogP contribution in [0.1, 0.15) is 26.7 Å². The first-order valence-electron chi connectivity index (χ1n) is 6.59. The summed E-state index contributed by atoms with van der Waals surface area (Å²) < 4.78 is 5.79. The van der Waals surface area contributed by atoms with Crippen molar-refractivity contribution >= 4 is 0 Å². The van der Waals surface area contributed by atoms with Gasteiger partial charge in [0.15, 0.2) is 0 Å². The van der Waals surface area contributed by atoms with Crippen LogP contribution in [-0.2, 0) is 0 Å². The first kappa shape index (κ1) is 12.4. The lowest BCUT2D eigenvalue weighted by atomic mass is 9.73. The minimum absolute atomic E-state index is 0.489. The number of hydrogen-bond acceptors (Lipinski definition) is 2. The van der Waals surface area contributed by atoms with Crippen LogP contribution < -0.4 is 10.1 Å². The van der Waals surface area contributed by atoms with Gasteiger partial charge in [-0.15, -0.1) is 0 Å². The van der Waals surface area contributed by atoms with Crippen molar-refractivity contribution in [3.8, 4) is 5.75 Å². The van der Waals surface area contributed by atoms with E-state index in [9.17, 15) is 0 Å². The predicted molar refractivity (Wildman–Crippen MR) is 71.3 cm³/mol. The third-order valence-corrected chi connectivity index (χ3v) is 3.49. The van der Waals surface area contributed by atoms with Crippen LogP contribution in [0.3, 0.4) is 0 Å². The fraction of sp³-hybridized carbons (Fsp3) is 0.600. The summed E-state index contributed by atoms with van der Waals surface area (Å²) >= 11 is 0. The van der Waals surface area contributed by atoms with E-state index in [4.69, 9.17) is 4.74 Å². The molecule has 0 amide bonds. The maximum atomic E-state index is 5.79. The fourth-order valence-corrected chi connectivity index (χ4v) is 2.67. The van der Waals surface area contributed by atoms with E-state index in [-0.39, 0.29) is 0 Å². The van der Waals surface area contributed by atoms with Crippen LogP contribution in [0.4, 0.5) is 0 Å². The lowest BCUT2D eigenvalue weighted by molar-refractivity contribution is 0.0941. The molecule has 94 valence electrons. The molecule has 1 aromatic rings. The van der Waals surface area contributed by atoms with Crippen LogP contribution in [-0.4, -0.2) is 19.7 Å². The highest BCUT2D eigenvalue weighted by molar-refractivity contribution is 5.20. The molecule has 0 aromatic heterocycles. The molecule has 1 saturated heterocycles. The molecule has 0 aliphatic carbocycles. The summed E-state index contributed by atoms with van der Waals surface area (Å²) in [5.41, 5.74) is 0.489. The molecule has 2 rings (SSSR count). The van der Waals surface area contributed by atoms with Crippen molar-refractivity contribution < 1.29 is 4.74 Å². The van der Waals surface area contributed by atoms with Crippen molar-refractivity contribution in [2.45, 2.75) is 26.7 Å². The first-order chi connectivity index (χ1) is 8.20. The van der Waals surface area contributed by atoms with Crippen molar-refractivity contribution in [2.75, 3.05) is 19.7 Å². The molecule has 1 fully saturated rings. The van der Waals surface area contributed by atoms with E-state index in [1.807, 2.05) is 30.3 Å². The molecule has 0 radical (unpaired) electrons. The van der Waals surface area contributed by atoms with Gasteiger partial charge < -0.3 is 10.1 Å². The Bertz CT molecular complexity index is 330. The van der Waals surface area contributed by atoms with Gasteiger partial charge in [0.05, 0.1) is 6.61 Å². The molecule has 0 spiro atoms. The Labute approximate surface area is 104 Å². The van der Waals surface area contributed by atoms with Crippen molar-refractivity contribution in [3.05, 3.63) is 30.3 Å². The second-order valence-corrected chi connectivity index (χ2v) is 5.61. The minimum atomic E-state index is 0.489. The molecule has 2 nitrogen and oxygen atoms in total. The fourth-order valence-electron chi connectivity index (χ4n) is 2.67. The molecule has 0 bridgehead atoms. The molecular weight excluding hydrogens is 210 g/mol. The molecule has 1 heterocycles. The van der Waals surface area contributed by atoms with Crippen molar-refractivity contribution in [3.63, 3.8) is 0 Å². The maximum absolute atomic E-state index is 5.79. The van der Waals surface area contributed by atoms with E-state index < -0.39 is 0 Å². The second-order valence-electron chi connectivity index (χ2n) is 5.61. The van der Waals surface area contributed by atoms with E-state index in [0.717, 1.165) is 37.8 Å². The van der Waals surface area contributed by atoms with Gasteiger partial charge in [0.2, 0.25) is 0 Å². The molecule has 1 aromatic carbocycles. The van der Waals surface area contributed by atoms with Crippen LogP contribution in [0.2, 0.25) is 0 Å². The van der Waals surface area contributed by atoms with E-state index in [1.165, 1.54) is 6.42 Å². The third kappa shape index (κ3) is 3.47. The number of rotatable bonds is 6. The van der Waals surface area contributed by atoms with E-state index in [0.29, 0.717) is 5.41 Å².